The molecule has 7 nitrogen and oxygen atoms in total. The summed E-state index contributed by atoms with van der Waals surface area (Å²) in [5.41, 5.74) is 3.40. The molecule has 1 atom stereocenters. The Balaban J connectivity index is 1.15. The van der Waals surface area contributed by atoms with E-state index in [2.05, 4.69) is 21.0 Å². The quantitative estimate of drug-likeness (QED) is 0.406. The summed E-state index contributed by atoms with van der Waals surface area (Å²) < 4.78 is 42.0. The number of fused-ring (bicyclic) bond motifs is 5. The van der Waals surface area contributed by atoms with E-state index in [1.54, 1.807) is 23.1 Å². The lowest BCUT2D eigenvalue weighted by atomic mass is 9.74. The van der Waals surface area contributed by atoms with Gasteiger partial charge in [-0.1, -0.05) is 18.2 Å². The number of allylic oxidation sites excluding steroid dienone is 1. The summed E-state index contributed by atoms with van der Waals surface area (Å²) in [7, 11) is 0. The first-order valence-corrected chi connectivity index (χ1v) is 12.6. The second-order valence-electron chi connectivity index (χ2n) is 10.3. The average molecular weight is 511 g/mol. The molecule has 0 aromatic heterocycles. The highest BCUT2D eigenvalue weighted by Crippen LogP contribution is 2.50. The molecule has 9 heteroatoms. The molecule has 4 aliphatic heterocycles. The highest BCUT2D eigenvalue weighted by Gasteiger charge is 2.47. The summed E-state index contributed by atoms with van der Waals surface area (Å²) >= 11 is 0. The molecule has 1 spiro atoms. The van der Waals surface area contributed by atoms with Crippen molar-refractivity contribution in [3.8, 4) is 17.2 Å². The number of alkyl halides is 2. The van der Waals surface area contributed by atoms with Crippen LogP contribution in [0.15, 0.2) is 43.0 Å². The lowest BCUT2D eigenvalue weighted by Gasteiger charge is -2.38. The third kappa shape index (κ3) is 4.05. The minimum Gasteiger partial charge on any atom is -0.492 e. The highest BCUT2D eigenvalue weighted by molar-refractivity contribution is 6.00. The van der Waals surface area contributed by atoms with Crippen molar-refractivity contribution in [2.24, 2.45) is 0 Å². The van der Waals surface area contributed by atoms with Crippen molar-refractivity contribution in [1.82, 2.24) is 9.80 Å². The van der Waals surface area contributed by atoms with Gasteiger partial charge in [0.1, 0.15) is 12.0 Å². The first-order valence-electron chi connectivity index (χ1n) is 12.6. The van der Waals surface area contributed by atoms with Crippen LogP contribution in [0.3, 0.4) is 0 Å². The van der Waals surface area contributed by atoms with Gasteiger partial charge in [0, 0.05) is 28.7 Å². The largest absolute Gasteiger partial charge is 0.586 e. The molecule has 1 amide bonds. The summed E-state index contributed by atoms with van der Waals surface area (Å²) in [6.07, 6.45) is 1.97. The van der Waals surface area contributed by atoms with E-state index in [9.17, 15) is 18.4 Å². The Morgan fingerprint density at radius 3 is 2.65 bits per heavy atom. The molecule has 0 radical (unpaired) electrons. The number of likely N-dealkylation sites (tertiary alicyclic amines) is 1. The van der Waals surface area contributed by atoms with Crippen LogP contribution in [0.2, 0.25) is 0 Å². The van der Waals surface area contributed by atoms with Crippen molar-refractivity contribution < 1.29 is 32.6 Å². The van der Waals surface area contributed by atoms with Crippen LogP contribution in [0, 0.1) is 0 Å². The fraction of sp³-hybridized carbons (Fsp3) is 0.429. The van der Waals surface area contributed by atoms with Crippen LogP contribution in [-0.2, 0) is 23.3 Å². The molecule has 0 bridgehead atoms. The molecule has 4 heterocycles. The van der Waals surface area contributed by atoms with Gasteiger partial charge in [0.2, 0.25) is 0 Å². The Labute approximate surface area is 213 Å². The number of ether oxygens (including phenoxy) is 3. The van der Waals surface area contributed by atoms with Crippen LogP contribution in [0.5, 0.6) is 17.2 Å². The Morgan fingerprint density at radius 2 is 1.89 bits per heavy atom. The summed E-state index contributed by atoms with van der Waals surface area (Å²) in [4.78, 5) is 28.7. The molecule has 1 saturated heterocycles. The van der Waals surface area contributed by atoms with Crippen LogP contribution in [0.25, 0.3) is 0 Å². The van der Waals surface area contributed by atoms with Gasteiger partial charge in [0.25, 0.3) is 5.91 Å². The molecule has 6 rings (SSSR count). The van der Waals surface area contributed by atoms with Gasteiger partial charge in [-0.3, -0.25) is 9.69 Å². The molecular weight excluding hydrogens is 482 g/mol. The third-order valence-corrected chi connectivity index (χ3v) is 8.05. The Morgan fingerprint density at radius 1 is 1.11 bits per heavy atom. The fourth-order valence-corrected chi connectivity index (χ4v) is 6.01. The summed E-state index contributed by atoms with van der Waals surface area (Å²) in [6, 6.07) is 8.36. The average Bonchev–Trinajstić information content (AvgIpc) is 3.51. The summed E-state index contributed by atoms with van der Waals surface area (Å²) in [5.74, 6) is 0.787. The van der Waals surface area contributed by atoms with Crippen LogP contribution in [0.1, 0.15) is 52.7 Å². The van der Waals surface area contributed by atoms with Gasteiger partial charge in [-0.2, -0.15) is 0 Å². The molecule has 0 aliphatic carbocycles. The molecular formula is C28H28F2N2O5. The smallest absolute Gasteiger partial charge is 0.492 e. The third-order valence-electron chi connectivity index (χ3n) is 8.05. The number of piperidine rings is 1. The number of hydrogen-bond donors (Lipinski definition) is 0. The second-order valence-corrected chi connectivity index (χ2v) is 10.3. The van der Waals surface area contributed by atoms with Gasteiger partial charge in [-0.15, -0.1) is 15.4 Å². The Hall–Kier alpha value is -3.46. The minimum atomic E-state index is -3.62. The molecule has 2 aromatic carbocycles. The van der Waals surface area contributed by atoms with Crippen molar-refractivity contribution in [2.75, 3.05) is 19.7 Å². The Kier molecular flexibility index (Phi) is 5.71. The number of halogens is 2. The molecule has 37 heavy (non-hydrogen) atoms. The molecule has 1 unspecified atom stereocenters. The molecule has 2 aromatic rings. The molecule has 0 saturated carbocycles. The Bertz CT molecular complexity index is 1270. The number of amides is 1. The summed E-state index contributed by atoms with van der Waals surface area (Å²) in [5, 5.41) is 0. The van der Waals surface area contributed by atoms with Gasteiger partial charge in [-0.05, 0) is 62.5 Å². The number of benzene rings is 2. The van der Waals surface area contributed by atoms with Crippen molar-refractivity contribution in [3.63, 3.8) is 0 Å². The standard InChI is InChI=1S/C28H28F2N2O5/c1-2-3-4-19(16-33)32-15-21-20(26(32)34)6-7-22-25(21)35-17-27(22)9-11-31(12-10-27)14-18-5-8-23-24(13-18)37-28(29,30)36-23/h2,5-8,13,16,19H,1,3-4,9-12,14-15,17H2. The van der Waals surface area contributed by atoms with Crippen LogP contribution in [0.4, 0.5) is 8.78 Å². The number of carbonyl (C=O) groups excluding carboxylic acids is 2. The van der Waals surface area contributed by atoms with E-state index in [4.69, 9.17) is 4.74 Å². The number of hydrogen-bond acceptors (Lipinski definition) is 6. The molecule has 4 aliphatic rings. The van der Waals surface area contributed by atoms with Crippen LogP contribution >= 0.6 is 0 Å². The van der Waals surface area contributed by atoms with E-state index < -0.39 is 12.3 Å². The van der Waals surface area contributed by atoms with E-state index in [1.807, 2.05) is 12.1 Å². The van der Waals surface area contributed by atoms with Gasteiger partial charge < -0.3 is 23.9 Å². The molecule has 0 N–H and O–H groups in total. The maximum atomic E-state index is 13.3. The van der Waals surface area contributed by atoms with Crippen molar-refractivity contribution in [1.29, 1.82) is 0 Å². The minimum absolute atomic E-state index is 0.0517. The number of carbonyl (C=O) groups is 2. The van der Waals surface area contributed by atoms with Crippen LogP contribution < -0.4 is 14.2 Å². The lowest BCUT2D eigenvalue weighted by molar-refractivity contribution is -0.286. The zero-order chi connectivity index (χ0) is 25.8. The normalized spacial score (nSPS) is 21.5. The van der Waals surface area contributed by atoms with Crippen LogP contribution in [-0.4, -0.2) is 54.0 Å². The maximum Gasteiger partial charge on any atom is 0.586 e. The predicted octanol–water partition coefficient (Wildman–Crippen LogP) is 4.42. The zero-order valence-electron chi connectivity index (χ0n) is 20.4. The van der Waals surface area contributed by atoms with Crippen molar-refractivity contribution in [3.05, 3.63) is 65.2 Å². The van der Waals surface area contributed by atoms with E-state index in [0.29, 0.717) is 38.1 Å². The maximum absolute atomic E-state index is 13.3. The van der Waals surface area contributed by atoms with Crippen molar-refractivity contribution >= 4 is 12.2 Å². The zero-order valence-corrected chi connectivity index (χ0v) is 20.4. The van der Waals surface area contributed by atoms with Gasteiger partial charge in [-0.25, -0.2) is 0 Å². The predicted molar refractivity (Wildman–Crippen MR) is 130 cm³/mol. The van der Waals surface area contributed by atoms with Gasteiger partial charge >= 0.3 is 6.29 Å². The van der Waals surface area contributed by atoms with E-state index >= 15 is 0 Å². The van der Waals surface area contributed by atoms with E-state index in [0.717, 1.165) is 54.7 Å². The number of aldehydes is 1. The monoisotopic (exact) mass is 510 g/mol. The first kappa shape index (κ1) is 23.9. The van der Waals surface area contributed by atoms with Gasteiger partial charge in [0.05, 0.1) is 19.2 Å². The SMILES string of the molecule is C=CCCC(C=O)N1Cc2c(ccc3c2OCC32CCN(Cc3ccc4c(c3)OC(F)(F)O4)CC2)C1=O. The van der Waals surface area contributed by atoms with Gasteiger partial charge in [0.15, 0.2) is 11.5 Å². The molecule has 194 valence electrons. The van der Waals surface area contributed by atoms with Crippen molar-refractivity contribution in [2.45, 2.75) is 56.5 Å². The summed E-state index contributed by atoms with van der Waals surface area (Å²) in [6.45, 7) is 6.93. The highest BCUT2D eigenvalue weighted by atomic mass is 19.3. The second kappa shape index (κ2) is 8.83. The topological polar surface area (TPSA) is 68.3 Å². The first-order chi connectivity index (χ1) is 17.8. The molecule has 1 fully saturated rings. The number of nitrogens with zero attached hydrogens (tertiary/aromatic N) is 2. The number of rotatable bonds is 7. The van der Waals surface area contributed by atoms with E-state index in [1.165, 1.54) is 6.07 Å². The lowest BCUT2D eigenvalue weighted by Crippen LogP contribution is -2.43. The van der Waals surface area contributed by atoms with E-state index in [-0.39, 0.29) is 22.8 Å². The fourth-order valence-electron chi connectivity index (χ4n) is 6.01.